The monoisotopic (exact) mass is 440 g/mol. The number of ether oxygens (including phenoxy) is 1. The molecular formula is C17H18Br2N2O2. The molecule has 1 aromatic carbocycles. The third kappa shape index (κ3) is 3.39. The minimum Gasteiger partial charge on any atom is -0.497 e. The summed E-state index contributed by atoms with van der Waals surface area (Å²) in [5.41, 5.74) is 3.43. The van der Waals surface area contributed by atoms with Crippen LogP contribution < -0.4 is 10.1 Å². The number of nitrogens with zero attached hydrogens (tertiary/aromatic N) is 1. The molecule has 0 radical (unpaired) electrons. The molecule has 0 saturated heterocycles. The highest BCUT2D eigenvalue weighted by molar-refractivity contribution is 9.13. The van der Waals surface area contributed by atoms with E-state index in [1.54, 1.807) is 7.11 Å². The summed E-state index contributed by atoms with van der Waals surface area (Å²) in [7, 11) is 1.65. The first-order valence-corrected chi connectivity index (χ1v) is 9.14. The van der Waals surface area contributed by atoms with Gasteiger partial charge in [0.15, 0.2) is 0 Å². The standard InChI is InChI=1S/C17H18Br2N2O2/c1-23-12-5-2-11(3-6-12)4-7-15(22)21-14-8-9-20-10-13(14)16(18)17(21)19/h2-3,5-6,20H,4,7-10H2,1H3. The molecule has 0 spiro atoms. The van der Waals surface area contributed by atoms with Crippen LogP contribution in [0, 0.1) is 0 Å². The number of nitrogens with one attached hydrogen (secondary N) is 1. The van der Waals surface area contributed by atoms with E-state index in [1.807, 2.05) is 28.8 Å². The Labute approximate surface area is 152 Å². The first kappa shape index (κ1) is 16.7. The van der Waals surface area contributed by atoms with Gasteiger partial charge in [-0.2, -0.15) is 0 Å². The molecule has 6 heteroatoms. The van der Waals surface area contributed by atoms with Crippen molar-refractivity contribution in [3.63, 3.8) is 0 Å². The second kappa shape index (κ2) is 7.20. The molecule has 23 heavy (non-hydrogen) atoms. The van der Waals surface area contributed by atoms with Crippen molar-refractivity contribution in [1.82, 2.24) is 9.88 Å². The van der Waals surface area contributed by atoms with E-state index in [0.717, 1.165) is 52.0 Å². The molecule has 3 rings (SSSR count). The minimum atomic E-state index is 0.122. The maximum atomic E-state index is 12.7. The lowest BCUT2D eigenvalue weighted by molar-refractivity contribution is 0.0897. The van der Waals surface area contributed by atoms with E-state index in [2.05, 4.69) is 37.2 Å². The van der Waals surface area contributed by atoms with Crippen molar-refractivity contribution in [2.45, 2.75) is 25.8 Å². The number of rotatable bonds is 4. The number of benzene rings is 1. The topological polar surface area (TPSA) is 43.3 Å². The van der Waals surface area contributed by atoms with Crippen LogP contribution in [0.25, 0.3) is 0 Å². The lowest BCUT2D eigenvalue weighted by atomic mass is 10.1. The number of fused-ring (bicyclic) bond motifs is 1. The fraction of sp³-hybridized carbons (Fsp3) is 0.353. The van der Waals surface area contributed by atoms with Crippen LogP contribution in [-0.2, 0) is 19.4 Å². The Kier molecular flexibility index (Phi) is 5.24. The summed E-state index contributed by atoms with van der Waals surface area (Å²) in [5.74, 6) is 0.954. The molecule has 2 heterocycles. The van der Waals surface area contributed by atoms with Crippen molar-refractivity contribution in [2.24, 2.45) is 0 Å². The van der Waals surface area contributed by atoms with Gasteiger partial charge >= 0.3 is 0 Å². The third-order valence-electron chi connectivity index (χ3n) is 4.14. The van der Waals surface area contributed by atoms with Crippen molar-refractivity contribution >= 4 is 37.8 Å². The highest BCUT2D eigenvalue weighted by Gasteiger charge is 2.25. The summed E-state index contributed by atoms with van der Waals surface area (Å²) in [6.45, 7) is 1.70. The van der Waals surface area contributed by atoms with Gasteiger partial charge < -0.3 is 10.1 Å². The molecule has 0 saturated carbocycles. The van der Waals surface area contributed by atoms with Gasteiger partial charge in [-0.05, 0) is 56.0 Å². The van der Waals surface area contributed by atoms with Gasteiger partial charge in [0, 0.05) is 37.2 Å². The number of carbonyl (C=O) groups is 1. The van der Waals surface area contributed by atoms with Crippen LogP contribution in [-0.4, -0.2) is 24.1 Å². The molecular weight excluding hydrogens is 424 g/mol. The Morgan fingerprint density at radius 2 is 2.04 bits per heavy atom. The van der Waals surface area contributed by atoms with Crippen molar-refractivity contribution in [2.75, 3.05) is 13.7 Å². The minimum absolute atomic E-state index is 0.122. The van der Waals surface area contributed by atoms with E-state index in [-0.39, 0.29) is 5.91 Å². The SMILES string of the molecule is COc1ccc(CCC(=O)n2c(Br)c(Br)c3c2CCNC3)cc1. The first-order chi connectivity index (χ1) is 11.1. The van der Waals surface area contributed by atoms with E-state index in [9.17, 15) is 4.79 Å². The summed E-state index contributed by atoms with van der Waals surface area (Å²) in [6, 6.07) is 7.86. The molecule has 0 unspecified atom stereocenters. The van der Waals surface area contributed by atoms with Gasteiger partial charge in [0.2, 0.25) is 5.91 Å². The molecule has 2 aromatic rings. The van der Waals surface area contributed by atoms with Crippen molar-refractivity contribution in [3.8, 4) is 5.75 Å². The highest BCUT2D eigenvalue weighted by Crippen LogP contribution is 2.34. The average molecular weight is 442 g/mol. The number of hydrogen-bond donors (Lipinski definition) is 1. The molecule has 1 aliphatic heterocycles. The van der Waals surface area contributed by atoms with Gasteiger partial charge in [-0.15, -0.1) is 0 Å². The largest absolute Gasteiger partial charge is 0.497 e. The van der Waals surface area contributed by atoms with Gasteiger partial charge in [-0.25, -0.2) is 0 Å². The summed E-state index contributed by atoms with van der Waals surface area (Å²) in [5, 5.41) is 3.34. The van der Waals surface area contributed by atoms with Crippen LogP contribution in [0.2, 0.25) is 0 Å². The Bertz CT molecular complexity index is 723. The maximum Gasteiger partial charge on any atom is 0.232 e. The van der Waals surface area contributed by atoms with Gasteiger partial charge in [-0.3, -0.25) is 9.36 Å². The smallest absolute Gasteiger partial charge is 0.232 e. The predicted octanol–water partition coefficient (Wildman–Crippen LogP) is 3.94. The van der Waals surface area contributed by atoms with Crippen LogP contribution >= 0.6 is 31.9 Å². The number of hydrogen-bond acceptors (Lipinski definition) is 3. The predicted molar refractivity (Wildman–Crippen MR) is 97.2 cm³/mol. The first-order valence-electron chi connectivity index (χ1n) is 7.56. The zero-order valence-electron chi connectivity index (χ0n) is 12.9. The summed E-state index contributed by atoms with van der Waals surface area (Å²) in [6.07, 6.45) is 2.07. The Hall–Kier alpha value is -1.11. The Balaban J connectivity index is 1.75. The second-order valence-electron chi connectivity index (χ2n) is 5.53. The molecule has 0 amide bonds. The molecule has 1 aliphatic rings. The Morgan fingerprint density at radius 3 is 2.74 bits per heavy atom. The molecule has 1 aromatic heterocycles. The normalized spacial score (nSPS) is 13.7. The van der Waals surface area contributed by atoms with Gasteiger partial charge in [0.1, 0.15) is 10.4 Å². The number of aryl methyl sites for hydroxylation is 1. The number of aromatic nitrogens is 1. The zero-order valence-corrected chi connectivity index (χ0v) is 16.0. The van der Waals surface area contributed by atoms with E-state index in [0.29, 0.717) is 6.42 Å². The second-order valence-corrected chi connectivity index (χ2v) is 7.08. The number of carbonyl (C=O) groups excluding carboxylic acids is 1. The fourth-order valence-corrected chi connectivity index (χ4v) is 4.08. The lowest BCUT2D eigenvalue weighted by Crippen LogP contribution is -2.26. The van der Waals surface area contributed by atoms with E-state index >= 15 is 0 Å². The van der Waals surface area contributed by atoms with Gasteiger partial charge in [-0.1, -0.05) is 12.1 Å². The van der Waals surface area contributed by atoms with Crippen LogP contribution in [0.1, 0.15) is 28.0 Å². The van der Waals surface area contributed by atoms with E-state index < -0.39 is 0 Å². The van der Waals surface area contributed by atoms with Gasteiger partial charge in [0.05, 0.1) is 11.6 Å². The lowest BCUT2D eigenvalue weighted by Gasteiger charge is -2.16. The maximum absolute atomic E-state index is 12.7. The number of halogens is 2. The molecule has 0 bridgehead atoms. The zero-order chi connectivity index (χ0) is 16.4. The third-order valence-corrected chi connectivity index (χ3v) is 6.27. The van der Waals surface area contributed by atoms with Crippen molar-refractivity contribution in [1.29, 1.82) is 0 Å². The Morgan fingerprint density at radius 1 is 1.30 bits per heavy atom. The van der Waals surface area contributed by atoms with E-state index in [1.165, 1.54) is 5.56 Å². The fourth-order valence-electron chi connectivity index (χ4n) is 2.88. The van der Waals surface area contributed by atoms with Crippen LogP contribution in [0.4, 0.5) is 0 Å². The molecule has 1 N–H and O–H groups in total. The summed E-state index contributed by atoms with van der Waals surface area (Å²) >= 11 is 7.15. The molecule has 0 fully saturated rings. The highest BCUT2D eigenvalue weighted by atomic mass is 79.9. The van der Waals surface area contributed by atoms with Crippen LogP contribution in [0.5, 0.6) is 5.75 Å². The van der Waals surface area contributed by atoms with Crippen LogP contribution in [0.3, 0.4) is 0 Å². The van der Waals surface area contributed by atoms with E-state index in [4.69, 9.17) is 4.74 Å². The van der Waals surface area contributed by atoms with Gasteiger partial charge in [0.25, 0.3) is 0 Å². The summed E-state index contributed by atoms with van der Waals surface area (Å²) in [4.78, 5) is 12.7. The quantitative estimate of drug-likeness (QED) is 0.781. The van der Waals surface area contributed by atoms with Crippen molar-refractivity contribution in [3.05, 3.63) is 50.2 Å². The average Bonchev–Trinajstić information content (AvgIpc) is 2.85. The molecule has 122 valence electrons. The molecule has 4 nitrogen and oxygen atoms in total. The number of methoxy groups -OCH3 is 1. The summed E-state index contributed by atoms with van der Waals surface area (Å²) < 4.78 is 8.79. The molecule has 0 aliphatic carbocycles. The molecule has 0 atom stereocenters. The van der Waals surface area contributed by atoms with Crippen LogP contribution in [0.15, 0.2) is 33.3 Å². The van der Waals surface area contributed by atoms with Crippen molar-refractivity contribution < 1.29 is 9.53 Å².